The van der Waals surface area contributed by atoms with Crippen LogP contribution in [0, 0.1) is 37.2 Å². The summed E-state index contributed by atoms with van der Waals surface area (Å²) in [6, 6.07) is 23.1. The normalized spacial score (nSPS) is 11.9. The molecule has 0 fully saturated rings. The minimum Gasteiger partial charge on any atom is -0.512 e. The van der Waals surface area contributed by atoms with Gasteiger partial charge in [-0.25, -0.2) is 4.98 Å². The first-order valence-electron chi connectivity index (χ1n) is 17.1. The fraction of sp³-hybridized carbons (Fsp3) is 0.405. The van der Waals surface area contributed by atoms with Crippen molar-refractivity contribution in [3.05, 3.63) is 95.5 Å². The average molecular weight is 840 g/mol. The quantitative estimate of drug-likeness (QED) is 0.0864. The van der Waals surface area contributed by atoms with Crippen LogP contribution in [-0.2, 0) is 31.3 Å². The first kappa shape index (κ1) is 39.3. The molecule has 0 aliphatic rings. The van der Waals surface area contributed by atoms with Crippen LogP contribution in [0.5, 0.6) is 0 Å². The molecule has 0 amide bonds. The summed E-state index contributed by atoms with van der Waals surface area (Å²) >= 11 is 1.79. The number of aromatic nitrogens is 2. The van der Waals surface area contributed by atoms with Crippen LogP contribution in [0.1, 0.15) is 90.8 Å². The second kappa shape index (κ2) is 17.5. The summed E-state index contributed by atoms with van der Waals surface area (Å²) in [6.07, 6.45) is 7.67. The van der Waals surface area contributed by atoms with Gasteiger partial charge in [0, 0.05) is 53.3 Å². The molecule has 5 aromatic rings. The van der Waals surface area contributed by atoms with E-state index in [0.717, 1.165) is 59.0 Å². The number of nitrogens with zero attached hydrogens (tertiary/aromatic N) is 2. The number of aliphatic hydroxyl groups is 1. The van der Waals surface area contributed by atoms with E-state index in [2.05, 4.69) is 105 Å². The molecule has 0 bridgehead atoms. The van der Waals surface area contributed by atoms with Crippen molar-refractivity contribution in [3.8, 4) is 21.7 Å². The summed E-state index contributed by atoms with van der Waals surface area (Å²) < 4.78 is 1.13. The zero-order chi connectivity index (χ0) is 34.3. The van der Waals surface area contributed by atoms with Crippen molar-refractivity contribution >= 4 is 38.1 Å². The molecular weight excluding hydrogens is 789 g/mol. The number of carbonyl (C=O) groups is 1. The molecule has 3 aromatic carbocycles. The van der Waals surface area contributed by atoms with E-state index < -0.39 is 0 Å². The number of rotatable bonds is 10. The van der Waals surface area contributed by atoms with Gasteiger partial charge in [0.05, 0.1) is 11.3 Å². The van der Waals surface area contributed by atoms with Crippen LogP contribution in [-0.4, -0.2) is 20.9 Å². The topological polar surface area (TPSA) is 63.1 Å². The maximum atomic E-state index is 11.7. The second-order valence-corrected chi connectivity index (χ2v) is 14.8. The van der Waals surface area contributed by atoms with Gasteiger partial charge in [-0.2, -0.15) is 0 Å². The maximum absolute atomic E-state index is 11.7. The van der Waals surface area contributed by atoms with Crippen molar-refractivity contribution in [1.29, 1.82) is 0 Å². The second-order valence-electron chi connectivity index (χ2n) is 13.8. The molecule has 0 saturated heterocycles. The number of thiophene rings is 1. The zero-order valence-electron chi connectivity index (χ0n) is 30.0. The molecule has 0 aliphatic heterocycles. The van der Waals surface area contributed by atoms with E-state index >= 15 is 0 Å². The van der Waals surface area contributed by atoms with E-state index in [1.165, 1.54) is 38.6 Å². The van der Waals surface area contributed by atoms with Gasteiger partial charge in [0.1, 0.15) is 6.33 Å². The maximum Gasteiger partial charge on any atom is 0.162 e. The number of hydrogen-bond acceptors (Lipinski definition) is 5. The van der Waals surface area contributed by atoms with Crippen LogP contribution in [0.3, 0.4) is 0 Å². The molecular formula is C42H51IrN2O2S-. The standard InChI is InChI=1S/C29H27N2S.C13H24O2.Ir/c1-18-14-20(16-29(3,4)5)10-13-24(18)27-19(2)25-28(32-27)26(31-17-30-25)23-12-11-21-8-6-7-9-22(21)15-23;1-5-10(6-2)12(14)9-13(15)11(7-3)8-4;/h6-14,17H,16H2,1-5H3;9-11,14H,5-8H2,1-4H3;/q-1;;/b;12-9-;. The Kier molecular flexibility index (Phi) is 14.3. The number of carbonyl (C=O) groups excluding carboxylic acids is 1. The first-order chi connectivity index (χ1) is 22.4. The Morgan fingerprint density at radius 1 is 0.917 bits per heavy atom. The van der Waals surface area contributed by atoms with Crippen LogP contribution in [0.15, 0.2) is 72.8 Å². The smallest absolute Gasteiger partial charge is 0.162 e. The molecule has 48 heavy (non-hydrogen) atoms. The summed E-state index contributed by atoms with van der Waals surface area (Å²) in [5.41, 5.74) is 8.51. The third-order valence-electron chi connectivity index (χ3n) is 8.97. The van der Waals surface area contributed by atoms with E-state index in [9.17, 15) is 9.90 Å². The van der Waals surface area contributed by atoms with E-state index in [1.54, 1.807) is 17.7 Å². The van der Waals surface area contributed by atoms with E-state index in [-0.39, 0.29) is 48.9 Å². The van der Waals surface area contributed by atoms with Crippen LogP contribution in [0.4, 0.5) is 0 Å². The Bertz CT molecular complexity index is 1860. The van der Waals surface area contributed by atoms with Gasteiger partial charge in [-0.15, -0.1) is 41.0 Å². The number of allylic oxidation sites excluding steroid dienone is 2. The van der Waals surface area contributed by atoms with Crippen LogP contribution in [0.2, 0.25) is 0 Å². The van der Waals surface area contributed by atoms with Gasteiger partial charge in [0.2, 0.25) is 0 Å². The minimum atomic E-state index is 0. The first-order valence-corrected chi connectivity index (χ1v) is 17.9. The SMILES string of the molecule is CCC(CC)C(=O)/C=C(\O)C(CC)CC.Cc1cc(CC(C)(C)C)ccc1-c1sc2c(-c3[c-]c4ccccc4cc3)ncnc2c1C.[Ir]. The van der Waals surface area contributed by atoms with Crippen molar-refractivity contribution in [3.63, 3.8) is 0 Å². The molecule has 2 heterocycles. The number of ketones is 1. The minimum absolute atomic E-state index is 0. The fourth-order valence-corrected chi connectivity index (χ4v) is 7.56. The predicted molar refractivity (Wildman–Crippen MR) is 201 cm³/mol. The summed E-state index contributed by atoms with van der Waals surface area (Å²) in [5, 5.41) is 12.1. The van der Waals surface area contributed by atoms with E-state index in [1.807, 2.05) is 27.7 Å². The van der Waals surface area contributed by atoms with Gasteiger partial charge in [-0.05, 0) is 73.6 Å². The number of aryl methyl sites for hydroxylation is 2. The van der Waals surface area contributed by atoms with Gasteiger partial charge in [-0.3, -0.25) is 9.78 Å². The molecule has 0 saturated carbocycles. The van der Waals surface area contributed by atoms with Crippen molar-refractivity contribution in [2.45, 2.75) is 94.4 Å². The van der Waals surface area contributed by atoms with Gasteiger partial charge < -0.3 is 5.11 Å². The molecule has 0 spiro atoms. The Balaban J connectivity index is 0.000000334. The molecule has 1 radical (unpaired) electrons. The Morgan fingerprint density at radius 2 is 1.58 bits per heavy atom. The van der Waals surface area contributed by atoms with Crippen LogP contribution >= 0.6 is 11.3 Å². The van der Waals surface area contributed by atoms with E-state index in [4.69, 9.17) is 0 Å². The largest absolute Gasteiger partial charge is 0.512 e. The van der Waals surface area contributed by atoms with E-state index in [0.29, 0.717) is 0 Å². The molecule has 257 valence electrons. The summed E-state index contributed by atoms with van der Waals surface area (Å²) in [7, 11) is 0. The number of hydrogen-bond donors (Lipinski definition) is 1. The summed E-state index contributed by atoms with van der Waals surface area (Å²) in [5.74, 6) is 0.547. The zero-order valence-corrected chi connectivity index (χ0v) is 33.2. The summed E-state index contributed by atoms with van der Waals surface area (Å²) in [4.78, 5) is 22.3. The molecule has 0 aliphatic carbocycles. The Hall–Kier alpha value is -3.18. The van der Waals surface area contributed by atoms with Crippen LogP contribution < -0.4 is 0 Å². The van der Waals surface area contributed by atoms with Gasteiger partial charge in [-0.1, -0.05) is 95.8 Å². The third kappa shape index (κ3) is 9.49. The van der Waals surface area contributed by atoms with Crippen molar-refractivity contribution < 1.29 is 30.0 Å². The Labute approximate surface area is 305 Å². The van der Waals surface area contributed by atoms with Gasteiger partial charge in [0.15, 0.2) is 5.78 Å². The fourth-order valence-electron chi connectivity index (χ4n) is 6.21. The third-order valence-corrected chi connectivity index (χ3v) is 10.3. The molecule has 1 N–H and O–H groups in total. The van der Waals surface area contributed by atoms with Crippen molar-refractivity contribution in [2.75, 3.05) is 0 Å². The molecule has 2 aromatic heterocycles. The number of fused-ring (bicyclic) bond motifs is 2. The molecule has 4 nitrogen and oxygen atoms in total. The van der Waals surface area contributed by atoms with Gasteiger partial charge in [0.25, 0.3) is 0 Å². The van der Waals surface area contributed by atoms with Gasteiger partial charge >= 0.3 is 0 Å². The molecule has 6 heteroatoms. The van der Waals surface area contributed by atoms with Crippen molar-refractivity contribution in [1.82, 2.24) is 9.97 Å². The predicted octanol–water partition coefficient (Wildman–Crippen LogP) is 12.1. The average Bonchev–Trinajstić information content (AvgIpc) is 3.37. The molecule has 0 unspecified atom stereocenters. The van der Waals surface area contributed by atoms with Crippen molar-refractivity contribution in [2.24, 2.45) is 17.3 Å². The summed E-state index contributed by atoms with van der Waals surface area (Å²) in [6.45, 7) is 19.3. The monoisotopic (exact) mass is 840 g/mol. The van der Waals surface area contributed by atoms with Crippen LogP contribution in [0.25, 0.3) is 42.7 Å². The number of benzene rings is 3. The number of aliphatic hydroxyl groups excluding tert-OH is 1. The Morgan fingerprint density at radius 3 is 2.21 bits per heavy atom. The molecule has 5 rings (SSSR count). The molecule has 0 atom stereocenters.